The molecule has 34 heavy (non-hydrogen) atoms. The summed E-state index contributed by atoms with van der Waals surface area (Å²) in [6, 6.07) is 12.7. The van der Waals surface area contributed by atoms with Gasteiger partial charge in [0.25, 0.3) is 0 Å². The third-order valence-electron chi connectivity index (χ3n) is 5.87. The molecule has 1 saturated heterocycles. The monoisotopic (exact) mass is 472 g/mol. The summed E-state index contributed by atoms with van der Waals surface area (Å²) in [7, 11) is 0. The molecule has 2 atom stereocenters. The molecule has 0 aromatic heterocycles. The van der Waals surface area contributed by atoms with E-state index in [-0.39, 0.29) is 0 Å². The maximum Gasteiger partial charge on any atom is 0.209 e. The third-order valence-corrected chi connectivity index (χ3v) is 5.87. The topological polar surface area (TPSA) is 55.4 Å². The molecule has 0 unspecified atom stereocenters. The van der Waals surface area contributed by atoms with Crippen LogP contribution in [0.15, 0.2) is 36.4 Å². The van der Waals surface area contributed by atoms with E-state index in [0.29, 0.717) is 51.5 Å². The first-order chi connectivity index (χ1) is 16.3. The van der Waals surface area contributed by atoms with Crippen LogP contribution in [0.4, 0.5) is 0 Å². The van der Waals surface area contributed by atoms with Crippen LogP contribution in [-0.2, 0) is 18.9 Å². The zero-order chi connectivity index (χ0) is 24.5. The van der Waals surface area contributed by atoms with E-state index in [1.165, 1.54) is 11.1 Å². The molecule has 6 nitrogen and oxygen atoms in total. The minimum Gasteiger partial charge on any atom is -0.491 e. The molecule has 2 aromatic carbocycles. The quantitative estimate of drug-likeness (QED) is 0.367. The lowest BCUT2D eigenvalue weighted by molar-refractivity contribution is -0.321. The third kappa shape index (κ3) is 7.70. The Bertz CT molecular complexity index is 821. The second-order valence-electron chi connectivity index (χ2n) is 9.28. The van der Waals surface area contributed by atoms with E-state index in [0.717, 1.165) is 22.6 Å². The summed E-state index contributed by atoms with van der Waals surface area (Å²) >= 11 is 0. The van der Waals surface area contributed by atoms with Crippen molar-refractivity contribution in [2.75, 3.05) is 39.6 Å². The summed E-state index contributed by atoms with van der Waals surface area (Å²) in [5, 5.41) is 0. The molecule has 0 saturated carbocycles. The Balaban J connectivity index is 1.42. The van der Waals surface area contributed by atoms with Gasteiger partial charge in [0.1, 0.15) is 24.7 Å². The first-order valence-electron chi connectivity index (χ1n) is 12.3. The van der Waals surface area contributed by atoms with Crippen molar-refractivity contribution in [3.8, 4) is 11.5 Å². The van der Waals surface area contributed by atoms with Crippen molar-refractivity contribution >= 4 is 0 Å². The number of aryl methyl sites for hydroxylation is 2. The van der Waals surface area contributed by atoms with Gasteiger partial charge in [-0.25, -0.2) is 0 Å². The van der Waals surface area contributed by atoms with E-state index in [1.807, 2.05) is 13.8 Å². The normalized spacial score (nSPS) is 18.5. The Hall–Kier alpha value is -2.12. The molecule has 6 heteroatoms. The van der Waals surface area contributed by atoms with Gasteiger partial charge in [-0.3, -0.25) is 0 Å². The Morgan fingerprint density at radius 1 is 0.676 bits per heavy atom. The lowest BCUT2D eigenvalue weighted by Gasteiger charge is -2.31. The van der Waals surface area contributed by atoms with Gasteiger partial charge in [-0.2, -0.15) is 0 Å². The number of ether oxygens (including phenoxy) is 6. The van der Waals surface area contributed by atoms with Gasteiger partial charge in [-0.05, 0) is 60.1 Å². The largest absolute Gasteiger partial charge is 0.491 e. The Labute approximate surface area is 204 Å². The van der Waals surface area contributed by atoms with Crippen LogP contribution in [0.25, 0.3) is 0 Å². The molecule has 0 aliphatic carbocycles. The van der Waals surface area contributed by atoms with E-state index in [1.54, 1.807) is 0 Å². The predicted octanol–water partition coefficient (Wildman–Crippen LogP) is 5.74. The fourth-order valence-electron chi connectivity index (χ4n) is 3.63. The molecule has 0 amide bonds. The highest BCUT2D eigenvalue weighted by Gasteiger charge is 2.28. The van der Waals surface area contributed by atoms with Gasteiger partial charge in [-0.15, -0.1) is 0 Å². The maximum absolute atomic E-state index is 5.96. The van der Waals surface area contributed by atoms with Gasteiger partial charge in [-0.1, -0.05) is 52.0 Å². The molecular formula is C28H40O6. The van der Waals surface area contributed by atoms with Crippen molar-refractivity contribution < 1.29 is 28.4 Å². The summed E-state index contributed by atoms with van der Waals surface area (Å²) in [6.07, 6.45) is -1.18. The molecule has 1 heterocycles. The van der Waals surface area contributed by atoms with Gasteiger partial charge in [0.05, 0.1) is 26.4 Å². The molecule has 0 spiro atoms. The number of rotatable bonds is 12. The van der Waals surface area contributed by atoms with Crippen LogP contribution in [0.2, 0.25) is 0 Å². The second-order valence-corrected chi connectivity index (χ2v) is 9.28. The molecule has 3 rings (SSSR count). The zero-order valence-corrected chi connectivity index (χ0v) is 21.5. The average Bonchev–Trinajstić information content (AvgIpc) is 2.82. The summed E-state index contributed by atoms with van der Waals surface area (Å²) in [5.74, 6) is 2.68. The lowest BCUT2D eigenvalue weighted by Crippen LogP contribution is -2.43. The molecular weight excluding hydrogens is 432 g/mol. The summed E-state index contributed by atoms with van der Waals surface area (Å²) < 4.78 is 35.1. The molecule has 0 bridgehead atoms. The average molecular weight is 473 g/mol. The van der Waals surface area contributed by atoms with Gasteiger partial charge >= 0.3 is 0 Å². The van der Waals surface area contributed by atoms with E-state index in [9.17, 15) is 0 Å². The highest BCUT2D eigenvalue weighted by atomic mass is 16.8. The fourth-order valence-corrected chi connectivity index (χ4v) is 3.63. The van der Waals surface area contributed by atoms with E-state index < -0.39 is 12.6 Å². The zero-order valence-electron chi connectivity index (χ0n) is 21.5. The Morgan fingerprint density at radius 3 is 1.47 bits per heavy atom. The molecule has 1 fully saturated rings. The van der Waals surface area contributed by atoms with Crippen LogP contribution < -0.4 is 9.47 Å². The second kappa shape index (κ2) is 13.1. The van der Waals surface area contributed by atoms with Crippen LogP contribution in [0.3, 0.4) is 0 Å². The molecule has 2 aromatic rings. The van der Waals surface area contributed by atoms with Gasteiger partial charge in [0.15, 0.2) is 0 Å². The molecule has 0 radical (unpaired) electrons. The maximum atomic E-state index is 5.96. The smallest absolute Gasteiger partial charge is 0.209 e. The lowest BCUT2D eigenvalue weighted by atomic mass is 10.0. The van der Waals surface area contributed by atoms with Crippen LogP contribution >= 0.6 is 0 Å². The first-order valence-corrected chi connectivity index (χ1v) is 12.3. The van der Waals surface area contributed by atoms with Crippen molar-refractivity contribution in [3.63, 3.8) is 0 Å². The van der Waals surface area contributed by atoms with Crippen molar-refractivity contribution in [3.05, 3.63) is 58.7 Å². The summed E-state index contributed by atoms with van der Waals surface area (Å²) in [6.45, 7) is 15.3. The fraction of sp³-hybridized carbons (Fsp3) is 0.571. The molecule has 188 valence electrons. The van der Waals surface area contributed by atoms with Crippen molar-refractivity contribution in [1.29, 1.82) is 0 Å². The highest BCUT2D eigenvalue weighted by Crippen LogP contribution is 2.25. The van der Waals surface area contributed by atoms with Crippen molar-refractivity contribution in [2.24, 2.45) is 0 Å². The number of hydrogen-bond acceptors (Lipinski definition) is 6. The van der Waals surface area contributed by atoms with Gasteiger partial charge < -0.3 is 28.4 Å². The van der Waals surface area contributed by atoms with Crippen molar-refractivity contribution in [2.45, 2.75) is 66.0 Å². The van der Waals surface area contributed by atoms with E-state index in [2.05, 4.69) is 64.1 Å². The minimum atomic E-state index is -0.591. The highest BCUT2D eigenvalue weighted by molar-refractivity contribution is 5.38. The van der Waals surface area contributed by atoms with Crippen LogP contribution in [0.5, 0.6) is 11.5 Å². The van der Waals surface area contributed by atoms with Crippen LogP contribution in [-0.4, -0.2) is 52.2 Å². The van der Waals surface area contributed by atoms with E-state index in [4.69, 9.17) is 28.4 Å². The minimum absolute atomic E-state index is 0.372. The number of benzene rings is 2. The standard InChI is InChI=1S/C28H40O6/c1-19(2)23-9-7-21(5)25(17-23)29-11-13-31-27-28(34-16-15-33-27)32-14-12-30-26-18-24(20(3)4)10-8-22(26)6/h7-10,17-20,27-28H,11-16H2,1-6H3/t27-,28+. The molecule has 1 aliphatic heterocycles. The van der Waals surface area contributed by atoms with E-state index >= 15 is 0 Å². The molecule has 1 aliphatic rings. The molecule has 0 N–H and O–H groups in total. The van der Waals surface area contributed by atoms with Gasteiger partial charge in [0.2, 0.25) is 12.6 Å². The first kappa shape index (κ1) is 26.5. The van der Waals surface area contributed by atoms with Crippen LogP contribution in [0, 0.1) is 13.8 Å². The summed E-state index contributed by atoms with van der Waals surface area (Å²) in [5.41, 5.74) is 4.73. The van der Waals surface area contributed by atoms with Gasteiger partial charge in [0, 0.05) is 0 Å². The Morgan fingerprint density at radius 2 is 1.09 bits per heavy atom. The summed E-state index contributed by atoms with van der Waals surface area (Å²) in [4.78, 5) is 0. The SMILES string of the molecule is Cc1ccc(C(C)C)cc1OCCO[C@@H]1OCCO[C@@H]1OCCOc1cc(C(C)C)ccc1C. The van der Waals surface area contributed by atoms with Crippen molar-refractivity contribution in [1.82, 2.24) is 0 Å². The predicted molar refractivity (Wildman–Crippen MR) is 133 cm³/mol. The Kier molecular flexibility index (Phi) is 10.2. The number of hydrogen-bond donors (Lipinski definition) is 0. The van der Waals surface area contributed by atoms with Crippen LogP contribution in [0.1, 0.15) is 61.8 Å².